The first-order valence-corrected chi connectivity index (χ1v) is 4.73. The average Bonchev–Trinajstić information content (AvgIpc) is 2.15. The van der Waals surface area contributed by atoms with Crippen molar-refractivity contribution in [2.75, 3.05) is 26.4 Å². The summed E-state index contributed by atoms with van der Waals surface area (Å²) in [5.41, 5.74) is 0. The topological polar surface area (TPSA) is 49.8 Å². The fourth-order valence-electron chi connectivity index (χ4n) is 1.47. The Bertz CT molecular complexity index is 172. The highest BCUT2D eigenvalue weighted by Crippen LogP contribution is 2.08. The molecule has 1 atom stereocenters. The number of carbonyl (C=O) groups excluding carboxylic acids is 1. The second-order valence-electron chi connectivity index (χ2n) is 3.34. The fraction of sp³-hybridized carbons (Fsp3) is 0.889. The quantitative estimate of drug-likeness (QED) is 0.677. The number of hydrogen-bond donors (Lipinski definition) is 1. The summed E-state index contributed by atoms with van der Waals surface area (Å²) in [7, 11) is 0. The second kappa shape index (κ2) is 5.19. The molecule has 0 aromatic heterocycles. The van der Waals surface area contributed by atoms with Crippen molar-refractivity contribution in [2.45, 2.75) is 25.8 Å². The van der Waals surface area contributed by atoms with Crippen LogP contribution in [0.2, 0.25) is 0 Å². The first-order chi connectivity index (χ1) is 6.25. The summed E-state index contributed by atoms with van der Waals surface area (Å²) in [6.07, 6.45) is 1.00. The normalized spacial score (nSPS) is 23.2. The molecular formula is C9H17NO3. The summed E-state index contributed by atoms with van der Waals surface area (Å²) >= 11 is 0. The zero-order chi connectivity index (χ0) is 9.68. The number of morpholine rings is 1. The van der Waals surface area contributed by atoms with Crippen molar-refractivity contribution >= 4 is 5.91 Å². The Balaban J connectivity index is 2.35. The van der Waals surface area contributed by atoms with Crippen molar-refractivity contribution in [3.05, 3.63) is 0 Å². The predicted molar refractivity (Wildman–Crippen MR) is 48.3 cm³/mol. The summed E-state index contributed by atoms with van der Waals surface area (Å²) in [6, 6.07) is 0.181. The van der Waals surface area contributed by atoms with Gasteiger partial charge >= 0.3 is 0 Å². The molecule has 0 bridgehead atoms. The van der Waals surface area contributed by atoms with Crippen LogP contribution >= 0.6 is 0 Å². The Labute approximate surface area is 78.5 Å². The third kappa shape index (κ3) is 2.97. The number of aliphatic hydroxyl groups is 1. The summed E-state index contributed by atoms with van der Waals surface area (Å²) in [5, 5.41) is 8.58. The van der Waals surface area contributed by atoms with Gasteiger partial charge < -0.3 is 14.7 Å². The molecule has 1 saturated heterocycles. The van der Waals surface area contributed by atoms with Gasteiger partial charge in [-0.3, -0.25) is 4.79 Å². The fourth-order valence-corrected chi connectivity index (χ4v) is 1.47. The van der Waals surface area contributed by atoms with Crippen molar-refractivity contribution < 1.29 is 14.6 Å². The molecule has 1 unspecified atom stereocenters. The van der Waals surface area contributed by atoms with Crippen molar-refractivity contribution in [3.8, 4) is 0 Å². The molecule has 1 amide bonds. The maximum absolute atomic E-state index is 11.5. The molecule has 0 spiro atoms. The molecule has 1 heterocycles. The van der Waals surface area contributed by atoms with Gasteiger partial charge in [0.05, 0.1) is 19.3 Å². The minimum atomic E-state index is 0.0878. The lowest BCUT2D eigenvalue weighted by Gasteiger charge is -2.33. The van der Waals surface area contributed by atoms with Crippen LogP contribution in [0, 0.1) is 0 Å². The molecule has 1 fully saturated rings. The molecule has 13 heavy (non-hydrogen) atoms. The third-order valence-corrected chi connectivity index (χ3v) is 2.24. The standard InChI is InChI=1S/C9H17NO3/c1-8-7-13-6-4-10(8)9(12)3-2-5-11/h8,11H,2-7H2,1H3. The molecule has 4 nitrogen and oxygen atoms in total. The Morgan fingerprint density at radius 3 is 3.08 bits per heavy atom. The van der Waals surface area contributed by atoms with E-state index in [0.717, 1.165) is 0 Å². The number of aliphatic hydroxyl groups excluding tert-OH is 1. The Morgan fingerprint density at radius 1 is 1.69 bits per heavy atom. The van der Waals surface area contributed by atoms with E-state index < -0.39 is 0 Å². The average molecular weight is 187 g/mol. The molecule has 1 N–H and O–H groups in total. The molecular weight excluding hydrogens is 170 g/mol. The van der Waals surface area contributed by atoms with Crippen molar-refractivity contribution in [1.82, 2.24) is 4.90 Å². The van der Waals surface area contributed by atoms with Crippen LogP contribution in [0.4, 0.5) is 0 Å². The van der Waals surface area contributed by atoms with E-state index >= 15 is 0 Å². The van der Waals surface area contributed by atoms with Gasteiger partial charge in [-0.05, 0) is 13.3 Å². The molecule has 0 saturated carbocycles. The Morgan fingerprint density at radius 2 is 2.46 bits per heavy atom. The van der Waals surface area contributed by atoms with E-state index in [1.165, 1.54) is 0 Å². The lowest BCUT2D eigenvalue weighted by molar-refractivity contribution is -0.139. The first-order valence-electron chi connectivity index (χ1n) is 4.73. The van der Waals surface area contributed by atoms with Gasteiger partial charge in [0.25, 0.3) is 0 Å². The number of ether oxygens (including phenoxy) is 1. The monoisotopic (exact) mass is 187 g/mol. The van der Waals surface area contributed by atoms with Crippen molar-refractivity contribution in [2.24, 2.45) is 0 Å². The van der Waals surface area contributed by atoms with E-state index in [1.54, 1.807) is 0 Å². The highest BCUT2D eigenvalue weighted by Gasteiger charge is 2.22. The van der Waals surface area contributed by atoms with Gasteiger partial charge in [-0.25, -0.2) is 0 Å². The Kier molecular flexibility index (Phi) is 4.18. The van der Waals surface area contributed by atoms with Crippen molar-refractivity contribution in [1.29, 1.82) is 0 Å². The smallest absolute Gasteiger partial charge is 0.223 e. The van der Waals surface area contributed by atoms with Crippen LogP contribution in [0.15, 0.2) is 0 Å². The van der Waals surface area contributed by atoms with Crippen LogP contribution in [0.3, 0.4) is 0 Å². The molecule has 1 rings (SSSR count). The van der Waals surface area contributed by atoms with E-state index in [-0.39, 0.29) is 18.6 Å². The van der Waals surface area contributed by atoms with Gasteiger partial charge in [-0.15, -0.1) is 0 Å². The molecule has 0 aromatic carbocycles. The molecule has 1 aliphatic rings. The zero-order valence-corrected chi connectivity index (χ0v) is 8.03. The van der Waals surface area contributed by atoms with Gasteiger partial charge in [-0.1, -0.05) is 0 Å². The maximum Gasteiger partial charge on any atom is 0.223 e. The SMILES string of the molecule is CC1COCCN1C(=O)CCCO. The van der Waals surface area contributed by atoms with Crippen LogP contribution in [0.5, 0.6) is 0 Å². The Hall–Kier alpha value is -0.610. The molecule has 76 valence electrons. The van der Waals surface area contributed by atoms with Crippen LogP contribution < -0.4 is 0 Å². The third-order valence-electron chi connectivity index (χ3n) is 2.24. The van der Waals surface area contributed by atoms with Crippen LogP contribution in [-0.2, 0) is 9.53 Å². The van der Waals surface area contributed by atoms with Gasteiger partial charge in [0.2, 0.25) is 5.91 Å². The summed E-state index contributed by atoms with van der Waals surface area (Å²) in [4.78, 5) is 13.4. The molecule has 1 aliphatic heterocycles. The van der Waals surface area contributed by atoms with Gasteiger partial charge in [0.1, 0.15) is 0 Å². The van der Waals surface area contributed by atoms with Crippen LogP contribution in [-0.4, -0.2) is 48.3 Å². The number of hydrogen-bond acceptors (Lipinski definition) is 3. The van der Waals surface area contributed by atoms with E-state index in [2.05, 4.69) is 0 Å². The summed E-state index contributed by atoms with van der Waals surface area (Å²) < 4.78 is 5.22. The summed E-state index contributed by atoms with van der Waals surface area (Å²) in [6.45, 7) is 4.02. The highest BCUT2D eigenvalue weighted by molar-refractivity contribution is 5.76. The van der Waals surface area contributed by atoms with E-state index in [1.807, 2.05) is 11.8 Å². The van der Waals surface area contributed by atoms with Gasteiger partial charge in [-0.2, -0.15) is 0 Å². The summed E-state index contributed by atoms with van der Waals surface area (Å²) in [5.74, 6) is 0.129. The second-order valence-corrected chi connectivity index (χ2v) is 3.34. The van der Waals surface area contributed by atoms with Crippen molar-refractivity contribution in [3.63, 3.8) is 0 Å². The highest BCUT2D eigenvalue weighted by atomic mass is 16.5. The lowest BCUT2D eigenvalue weighted by Crippen LogP contribution is -2.47. The molecule has 0 radical (unpaired) electrons. The first kappa shape index (κ1) is 10.5. The maximum atomic E-state index is 11.5. The van der Waals surface area contributed by atoms with Crippen LogP contribution in [0.25, 0.3) is 0 Å². The number of rotatable bonds is 3. The van der Waals surface area contributed by atoms with Crippen LogP contribution in [0.1, 0.15) is 19.8 Å². The number of nitrogens with zero attached hydrogens (tertiary/aromatic N) is 1. The van der Waals surface area contributed by atoms with E-state index in [4.69, 9.17) is 9.84 Å². The zero-order valence-electron chi connectivity index (χ0n) is 8.03. The molecule has 0 aromatic rings. The minimum Gasteiger partial charge on any atom is -0.396 e. The molecule has 4 heteroatoms. The lowest BCUT2D eigenvalue weighted by atomic mass is 10.2. The van der Waals surface area contributed by atoms with E-state index in [0.29, 0.717) is 32.6 Å². The van der Waals surface area contributed by atoms with Gasteiger partial charge in [0.15, 0.2) is 0 Å². The van der Waals surface area contributed by atoms with E-state index in [9.17, 15) is 4.79 Å². The minimum absolute atomic E-state index is 0.0878. The molecule has 0 aliphatic carbocycles. The largest absolute Gasteiger partial charge is 0.396 e. The van der Waals surface area contributed by atoms with Gasteiger partial charge in [0, 0.05) is 19.6 Å². The predicted octanol–water partition coefficient (Wildman–Crippen LogP) is 0.00620. The number of amides is 1. The number of carbonyl (C=O) groups is 1.